The smallest absolute Gasteiger partial charge is 0.252 e. The Labute approximate surface area is 161 Å². The van der Waals surface area contributed by atoms with E-state index < -0.39 is 0 Å². The Hall–Kier alpha value is -2.03. The minimum atomic E-state index is -0.204. The zero-order valence-corrected chi connectivity index (χ0v) is 16.8. The zero-order valence-electron chi connectivity index (χ0n) is 14.6. The van der Waals surface area contributed by atoms with Crippen LogP contribution in [0.15, 0.2) is 30.5 Å². The molecule has 0 radical (unpaired) electrons. The molecule has 0 aliphatic carbocycles. The van der Waals surface area contributed by atoms with Gasteiger partial charge in [0.2, 0.25) is 5.88 Å². The number of hydrogen-bond acceptors (Lipinski definition) is 5. The van der Waals surface area contributed by atoms with Gasteiger partial charge in [0, 0.05) is 21.9 Å². The molecule has 0 bridgehead atoms. The van der Waals surface area contributed by atoms with Crippen LogP contribution in [0, 0.1) is 3.57 Å². The maximum absolute atomic E-state index is 12.6. The lowest BCUT2D eigenvalue weighted by atomic mass is 10.1. The van der Waals surface area contributed by atoms with Crippen LogP contribution in [0.4, 0.5) is 0 Å². The number of carbonyl (C=O) groups is 1. The maximum Gasteiger partial charge on any atom is 0.252 e. The summed E-state index contributed by atoms with van der Waals surface area (Å²) in [6.45, 7) is 4.19. The van der Waals surface area contributed by atoms with Crippen molar-refractivity contribution >= 4 is 28.5 Å². The summed E-state index contributed by atoms with van der Waals surface area (Å²) in [4.78, 5) is 16.8. The van der Waals surface area contributed by atoms with Crippen LogP contribution in [-0.2, 0) is 6.54 Å². The van der Waals surface area contributed by atoms with Gasteiger partial charge in [-0.2, -0.15) is 0 Å². The number of carbonyl (C=O) groups excluding carboxylic acids is 1. The number of nitrogens with one attached hydrogen (secondary N) is 1. The van der Waals surface area contributed by atoms with Gasteiger partial charge in [-0.3, -0.25) is 4.79 Å². The zero-order chi connectivity index (χ0) is 18.4. The van der Waals surface area contributed by atoms with Crippen molar-refractivity contribution in [2.45, 2.75) is 26.5 Å². The molecule has 1 heterocycles. The number of methoxy groups -OCH3 is 2. The van der Waals surface area contributed by atoms with Gasteiger partial charge in [0.25, 0.3) is 5.91 Å². The molecule has 0 atom stereocenters. The Balaban J connectivity index is 2.16. The van der Waals surface area contributed by atoms with Crippen LogP contribution < -0.4 is 19.5 Å². The second-order valence-electron chi connectivity index (χ2n) is 5.50. The van der Waals surface area contributed by atoms with Gasteiger partial charge in [-0.05, 0) is 54.6 Å². The van der Waals surface area contributed by atoms with Crippen molar-refractivity contribution in [2.75, 3.05) is 14.2 Å². The van der Waals surface area contributed by atoms with Crippen molar-refractivity contribution in [3.63, 3.8) is 0 Å². The minimum Gasteiger partial charge on any atom is -0.493 e. The van der Waals surface area contributed by atoms with E-state index >= 15 is 0 Å². The first kappa shape index (κ1) is 19.3. The molecule has 25 heavy (non-hydrogen) atoms. The van der Waals surface area contributed by atoms with Crippen molar-refractivity contribution in [1.82, 2.24) is 10.3 Å². The molecular formula is C18H21IN2O4. The molecule has 7 heteroatoms. The average molecular weight is 456 g/mol. The van der Waals surface area contributed by atoms with Crippen LogP contribution >= 0.6 is 22.6 Å². The van der Waals surface area contributed by atoms with E-state index in [0.717, 1.165) is 9.13 Å². The fourth-order valence-corrected chi connectivity index (χ4v) is 2.87. The van der Waals surface area contributed by atoms with Gasteiger partial charge < -0.3 is 19.5 Å². The molecule has 1 aromatic carbocycles. The quantitative estimate of drug-likeness (QED) is 0.647. The van der Waals surface area contributed by atoms with E-state index in [1.165, 1.54) is 7.11 Å². The lowest BCUT2D eigenvalue weighted by Gasteiger charge is -2.14. The summed E-state index contributed by atoms with van der Waals surface area (Å²) < 4.78 is 17.0. The summed E-state index contributed by atoms with van der Waals surface area (Å²) in [6.07, 6.45) is 1.68. The molecule has 0 aliphatic heterocycles. The summed E-state index contributed by atoms with van der Waals surface area (Å²) >= 11 is 2.10. The normalized spacial score (nSPS) is 10.5. The minimum absolute atomic E-state index is 0.0103. The summed E-state index contributed by atoms with van der Waals surface area (Å²) in [5, 5.41) is 2.90. The fraction of sp³-hybridized carbons (Fsp3) is 0.333. The summed E-state index contributed by atoms with van der Waals surface area (Å²) in [5.41, 5.74) is 1.34. The Morgan fingerprint density at radius 2 is 1.92 bits per heavy atom. The predicted octanol–water partition coefficient (Wildman–Crippen LogP) is 3.42. The number of pyridine rings is 1. The second kappa shape index (κ2) is 8.89. The summed E-state index contributed by atoms with van der Waals surface area (Å²) in [6, 6.07) is 7.13. The highest BCUT2D eigenvalue weighted by atomic mass is 127. The van der Waals surface area contributed by atoms with E-state index in [2.05, 4.69) is 32.9 Å². The lowest BCUT2D eigenvalue weighted by molar-refractivity contribution is 0.0949. The number of ether oxygens (including phenoxy) is 3. The van der Waals surface area contributed by atoms with Gasteiger partial charge in [0.15, 0.2) is 11.5 Å². The Morgan fingerprint density at radius 1 is 1.24 bits per heavy atom. The molecule has 0 unspecified atom stereocenters. The first-order valence-corrected chi connectivity index (χ1v) is 8.84. The fourth-order valence-electron chi connectivity index (χ4n) is 2.19. The van der Waals surface area contributed by atoms with E-state index in [1.807, 2.05) is 26.0 Å². The molecule has 6 nitrogen and oxygen atoms in total. The van der Waals surface area contributed by atoms with Crippen molar-refractivity contribution in [2.24, 2.45) is 0 Å². The second-order valence-corrected chi connectivity index (χ2v) is 6.67. The van der Waals surface area contributed by atoms with E-state index in [0.29, 0.717) is 29.5 Å². The van der Waals surface area contributed by atoms with Crippen LogP contribution in [0.2, 0.25) is 0 Å². The molecule has 1 amide bonds. The van der Waals surface area contributed by atoms with E-state index in [-0.39, 0.29) is 12.0 Å². The van der Waals surface area contributed by atoms with Crippen LogP contribution in [0.3, 0.4) is 0 Å². The number of amides is 1. The molecule has 0 aliphatic rings. The highest BCUT2D eigenvalue weighted by Crippen LogP contribution is 2.31. The molecule has 0 saturated heterocycles. The predicted molar refractivity (Wildman–Crippen MR) is 103 cm³/mol. The molecule has 1 aromatic heterocycles. The van der Waals surface area contributed by atoms with Crippen molar-refractivity contribution in [3.05, 3.63) is 45.2 Å². The summed E-state index contributed by atoms with van der Waals surface area (Å²) in [7, 11) is 3.10. The first-order chi connectivity index (χ1) is 12.0. The molecule has 1 N–H and O–H groups in total. The number of hydrogen-bond donors (Lipinski definition) is 1. The average Bonchev–Trinajstić information content (AvgIpc) is 2.59. The van der Waals surface area contributed by atoms with Gasteiger partial charge in [-0.15, -0.1) is 0 Å². The van der Waals surface area contributed by atoms with Crippen LogP contribution in [0.1, 0.15) is 29.8 Å². The third kappa shape index (κ3) is 4.97. The molecule has 0 fully saturated rings. The molecule has 0 saturated carbocycles. The van der Waals surface area contributed by atoms with Gasteiger partial charge >= 0.3 is 0 Å². The number of nitrogens with zero attached hydrogens (tertiary/aromatic N) is 1. The van der Waals surface area contributed by atoms with Gasteiger partial charge in [0.05, 0.1) is 25.9 Å². The molecular weight excluding hydrogens is 435 g/mol. The molecule has 0 spiro atoms. The Morgan fingerprint density at radius 3 is 2.56 bits per heavy atom. The summed E-state index contributed by atoms with van der Waals surface area (Å²) in [5.74, 6) is 1.42. The third-order valence-electron chi connectivity index (χ3n) is 3.35. The highest BCUT2D eigenvalue weighted by molar-refractivity contribution is 14.1. The highest BCUT2D eigenvalue weighted by Gasteiger charge is 2.16. The van der Waals surface area contributed by atoms with Gasteiger partial charge in [0.1, 0.15) is 0 Å². The number of aromatic nitrogens is 1. The Kier molecular flexibility index (Phi) is 6.86. The molecule has 2 aromatic rings. The van der Waals surface area contributed by atoms with Gasteiger partial charge in [-0.25, -0.2) is 4.98 Å². The van der Waals surface area contributed by atoms with Crippen molar-refractivity contribution < 1.29 is 19.0 Å². The van der Waals surface area contributed by atoms with Crippen LogP contribution in [0.5, 0.6) is 17.4 Å². The number of halogens is 1. The van der Waals surface area contributed by atoms with Gasteiger partial charge in [-0.1, -0.05) is 6.07 Å². The Bertz CT molecular complexity index is 750. The standard InChI is InChI=1S/C18H21IN2O4/c1-11(2)25-18-12(6-5-7-20-18)10-21-17(22)13-8-15(23-3)16(24-4)9-14(13)19/h5-9,11H,10H2,1-4H3,(H,21,22). The van der Waals surface area contributed by atoms with E-state index in [4.69, 9.17) is 14.2 Å². The monoisotopic (exact) mass is 456 g/mol. The lowest BCUT2D eigenvalue weighted by Crippen LogP contribution is -2.24. The third-order valence-corrected chi connectivity index (χ3v) is 4.25. The SMILES string of the molecule is COc1cc(I)c(C(=O)NCc2cccnc2OC(C)C)cc1OC. The molecule has 134 valence electrons. The van der Waals surface area contributed by atoms with E-state index in [1.54, 1.807) is 25.4 Å². The first-order valence-electron chi connectivity index (χ1n) is 7.76. The number of rotatable bonds is 7. The largest absolute Gasteiger partial charge is 0.493 e. The molecule has 2 rings (SSSR count). The van der Waals surface area contributed by atoms with Crippen molar-refractivity contribution in [1.29, 1.82) is 0 Å². The number of benzene rings is 1. The van der Waals surface area contributed by atoms with E-state index in [9.17, 15) is 4.79 Å². The van der Waals surface area contributed by atoms with Crippen LogP contribution in [-0.4, -0.2) is 31.2 Å². The maximum atomic E-state index is 12.6. The van der Waals surface area contributed by atoms with Crippen LogP contribution in [0.25, 0.3) is 0 Å². The van der Waals surface area contributed by atoms with Crippen molar-refractivity contribution in [3.8, 4) is 17.4 Å². The topological polar surface area (TPSA) is 69.7 Å².